The molecule has 3 N–H and O–H groups in total. The number of sulfonamides is 1. The molecule has 0 saturated heterocycles. The van der Waals surface area contributed by atoms with E-state index >= 15 is 0 Å². The van der Waals surface area contributed by atoms with E-state index in [1.807, 2.05) is 65.7 Å². The van der Waals surface area contributed by atoms with Crippen molar-refractivity contribution < 1.29 is 18.3 Å². The second-order valence-corrected chi connectivity index (χ2v) is 9.85. The monoisotopic (exact) mass is 490 g/mol. The molecule has 1 aliphatic heterocycles. The fourth-order valence-electron chi connectivity index (χ4n) is 3.96. The Hall–Kier alpha value is -3.95. The first kappa shape index (κ1) is 24.2. The number of nitrogens with zero attached hydrogens (tertiary/aromatic N) is 2. The normalized spacial score (nSPS) is 13.1. The summed E-state index contributed by atoms with van der Waals surface area (Å²) >= 11 is 0. The number of carbonyl (C=O) groups is 1. The molecular weight excluding hydrogens is 464 g/mol. The minimum atomic E-state index is -3.99. The number of carboxylic acids is 1. The van der Waals surface area contributed by atoms with Crippen LogP contribution < -0.4 is 14.9 Å². The summed E-state index contributed by atoms with van der Waals surface area (Å²) in [6, 6.07) is 15.6. The van der Waals surface area contributed by atoms with E-state index in [4.69, 9.17) is 0 Å². The first-order chi connectivity index (χ1) is 16.9. The van der Waals surface area contributed by atoms with E-state index in [1.165, 1.54) is 19.2 Å². The van der Waals surface area contributed by atoms with Crippen LogP contribution in [0.4, 0.5) is 5.69 Å². The van der Waals surface area contributed by atoms with E-state index in [1.54, 1.807) is 12.4 Å². The Balaban J connectivity index is 1.99. The van der Waals surface area contributed by atoms with Crippen LogP contribution in [0.2, 0.25) is 0 Å². The van der Waals surface area contributed by atoms with Crippen molar-refractivity contribution in [2.24, 2.45) is 0 Å². The van der Waals surface area contributed by atoms with Crippen LogP contribution in [-0.2, 0) is 16.6 Å². The summed E-state index contributed by atoms with van der Waals surface area (Å²) in [6.07, 6.45) is 9.33. The molecule has 180 valence electrons. The zero-order chi connectivity index (χ0) is 24.8. The second-order valence-electron chi connectivity index (χ2n) is 7.99. The summed E-state index contributed by atoms with van der Waals surface area (Å²) in [5.41, 5.74) is 3.35. The number of anilines is 1. The van der Waals surface area contributed by atoms with E-state index in [2.05, 4.69) is 15.0 Å². The summed E-state index contributed by atoms with van der Waals surface area (Å²) in [6.45, 7) is 1.53. The molecule has 0 bridgehead atoms. The first-order valence-corrected chi connectivity index (χ1v) is 12.5. The van der Waals surface area contributed by atoms with Crippen LogP contribution in [0.5, 0.6) is 0 Å². The van der Waals surface area contributed by atoms with E-state index in [0.717, 1.165) is 17.7 Å². The third-order valence-electron chi connectivity index (χ3n) is 5.61. The predicted molar refractivity (Wildman–Crippen MR) is 136 cm³/mol. The Bertz CT molecular complexity index is 1370. The van der Waals surface area contributed by atoms with Crippen molar-refractivity contribution >= 4 is 21.7 Å². The molecule has 3 aromatic rings. The van der Waals surface area contributed by atoms with Gasteiger partial charge in [0.05, 0.1) is 10.5 Å². The van der Waals surface area contributed by atoms with Gasteiger partial charge in [0.2, 0.25) is 10.0 Å². The fourth-order valence-corrected chi connectivity index (χ4v) is 4.96. The maximum atomic E-state index is 13.1. The number of dihydropyridines is 1. The zero-order valence-electron chi connectivity index (χ0n) is 19.2. The molecule has 2 heterocycles. The highest BCUT2D eigenvalue weighted by Crippen LogP contribution is 2.39. The smallest absolute Gasteiger partial charge is 0.335 e. The quantitative estimate of drug-likeness (QED) is 0.421. The number of hydrogen-bond donors (Lipinski definition) is 3. The standard InChI is InChI=1S/C26H26N4O4S/c1-27-35(33,34)24-14-22(26(31)32)13-23(25(24)21-9-3-2-4-10-21)30(17-19-7-5-11-28-15-19)18-20-8-6-12-29-16-20/h2-11,13-16,27,29H,12,17-18H2,1H3,(H,31,32). The van der Waals surface area contributed by atoms with Gasteiger partial charge in [0.1, 0.15) is 0 Å². The number of pyridine rings is 1. The van der Waals surface area contributed by atoms with Crippen LogP contribution in [0.25, 0.3) is 11.1 Å². The van der Waals surface area contributed by atoms with Gasteiger partial charge in [-0.15, -0.1) is 0 Å². The van der Waals surface area contributed by atoms with Crippen molar-refractivity contribution in [3.8, 4) is 11.1 Å². The van der Waals surface area contributed by atoms with Crippen molar-refractivity contribution in [1.29, 1.82) is 0 Å². The van der Waals surface area contributed by atoms with Gasteiger partial charge in [0.15, 0.2) is 0 Å². The average molecular weight is 491 g/mol. The van der Waals surface area contributed by atoms with Crippen LogP contribution in [0.15, 0.2) is 95.8 Å². The van der Waals surface area contributed by atoms with Crippen molar-refractivity contribution in [2.45, 2.75) is 11.4 Å². The minimum Gasteiger partial charge on any atom is -0.478 e. The Morgan fingerprint density at radius 3 is 2.57 bits per heavy atom. The summed E-state index contributed by atoms with van der Waals surface area (Å²) in [5, 5.41) is 13.0. The van der Waals surface area contributed by atoms with Crippen LogP contribution in [0.1, 0.15) is 15.9 Å². The lowest BCUT2D eigenvalue weighted by Gasteiger charge is -2.30. The van der Waals surface area contributed by atoms with Gasteiger partial charge in [-0.05, 0) is 41.9 Å². The van der Waals surface area contributed by atoms with Gasteiger partial charge in [0.25, 0.3) is 0 Å². The highest BCUT2D eigenvalue weighted by atomic mass is 32.2. The maximum Gasteiger partial charge on any atom is 0.335 e. The molecule has 0 radical (unpaired) electrons. The number of hydrogen-bond acceptors (Lipinski definition) is 6. The molecule has 1 aliphatic rings. The molecule has 0 amide bonds. The van der Waals surface area contributed by atoms with Gasteiger partial charge in [-0.2, -0.15) is 0 Å². The number of benzene rings is 2. The molecule has 0 saturated carbocycles. The summed E-state index contributed by atoms with van der Waals surface area (Å²) in [4.78, 5) is 18.2. The lowest BCUT2D eigenvalue weighted by atomic mass is 9.99. The molecule has 0 unspecified atom stereocenters. The van der Waals surface area contributed by atoms with E-state index in [9.17, 15) is 18.3 Å². The van der Waals surface area contributed by atoms with Gasteiger partial charge in [-0.25, -0.2) is 17.9 Å². The minimum absolute atomic E-state index is 0.0939. The number of aromatic carboxylic acids is 1. The molecule has 35 heavy (non-hydrogen) atoms. The summed E-state index contributed by atoms with van der Waals surface area (Å²) in [7, 11) is -2.67. The molecule has 2 aromatic carbocycles. The Morgan fingerprint density at radius 2 is 1.94 bits per heavy atom. The SMILES string of the molecule is CNS(=O)(=O)c1cc(C(=O)O)cc(N(CC2=CNCC=C2)Cc2cccnc2)c1-c1ccccc1. The number of carboxylic acid groups (broad SMARTS) is 1. The lowest BCUT2D eigenvalue weighted by Crippen LogP contribution is -2.29. The summed E-state index contributed by atoms with van der Waals surface area (Å²) in [5.74, 6) is -1.21. The molecule has 0 aliphatic carbocycles. The number of rotatable bonds is 9. The summed E-state index contributed by atoms with van der Waals surface area (Å²) < 4.78 is 28.6. The van der Waals surface area contributed by atoms with E-state index < -0.39 is 16.0 Å². The topological polar surface area (TPSA) is 112 Å². The number of aromatic nitrogens is 1. The van der Waals surface area contributed by atoms with E-state index in [0.29, 0.717) is 29.9 Å². The van der Waals surface area contributed by atoms with Gasteiger partial charge in [0, 0.05) is 49.5 Å². The van der Waals surface area contributed by atoms with Gasteiger partial charge in [-0.3, -0.25) is 4.98 Å². The largest absolute Gasteiger partial charge is 0.478 e. The Labute approximate surface area is 204 Å². The maximum absolute atomic E-state index is 13.1. The molecule has 0 atom stereocenters. The third-order valence-corrected chi connectivity index (χ3v) is 7.05. The van der Waals surface area contributed by atoms with Crippen molar-refractivity contribution in [1.82, 2.24) is 15.0 Å². The van der Waals surface area contributed by atoms with E-state index in [-0.39, 0.29) is 10.5 Å². The predicted octanol–water partition coefficient (Wildman–Crippen LogP) is 3.40. The third kappa shape index (κ3) is 5.59. The second kappa shape index (κ2) is 10.5. The van der Waals surface area contributed by atoms with Crippen molar-refractivity contribution in [2.75, 3.05) is 25.0 Å². The van der Waals surface area contributed by atoms with Crippen molar-refractivity contribution in [3.05, 3.63) is 102 Å². The van der Waals surface area contributed by atoms with Gasteiger partial charge >= 0.3 is 5.97 Å². The van der Waals surface area contributed by atoms with Gasteiger partial charge in [-0.1, -0.05) is 48.6 Å². The van der Waals surface area contributed by atoms with Crippen LogP contribution in [0, 0.1) is 0 Å². The highest BCUT2D eigenvalue weighted by Gasteiger charge is 2.27. The van der Waals surface area contributed by atoms with Crippen LogP contribution in [0.3, 0.4) is 0 Å². The zero-order valence-corrected chi connectivity index (χ0v) is 20.0. The molecule has 0 spiro atoms. The molecule has 1 aromatic heterocycles. The molecular formula is C26H26N4O4S. The molecule has 0 fully saturated rings. The Morgan fingerprint density at radius 1 is 1.14 bits per heavy atom. The van der Waals surface area contributed by atoms with Gasteiger partial charge < -0.3 is 15.3 Å². The molecule has 8 nitrogen and oxygen atoms in total. The van der Waals surface area contributed by atoms with Crippen LogP contribution in [-0.4, -0.2) is 44.6 Å². The van der Waals surface area contributed by atoms with Crippen molar-refractivity contribution in [3.63, 3.8) is 0 Å². The molecule has 9 heteroatoms. The number of nitrogens with one attached hydrogen (secondary N) is 2. The lowest BCUT2D eigenvalue weighted by molar-refractivity contribution is 0.0696. The molecule has 4 rings (SSSR count). The fraction of sp³-hybridized carbons (Fsp3) is 0.154. The first-order valence-electron chi connectivity index (χ1n) is 11.0. The van der Waals surface area contributed by atoms with Crippen LogP contribution >= 0.6 is 0 Å². The highest BCUT2D eigenvalue weighted by molar-refractivity contribution is 7.89. The average Bonchev–Trinajstić information content (AvgIpc) is 2.89. The Kier molecular flexibility index (Phi) is 7.28.